The zero-order valence-corrected chi connectivity index (χ0v) is 3.28. The quantitative estimate of drug-likeness (QED) is 0.316. The third-order valence-corrected chi connectivity index (χ3v) is 0. The average molecular weight is 115 g/mol. The summed E-state index contributed by atoms with van der Waals surface area (Å²) in [5, 5.41) is 0. The SMILES string of the molecule is O=P.[Co].[LiH]. The van der Waals surface area contributed by atoms with E-state index in [-0.39, 0.29) is 35.6 Å². The molecule has 0 aliphatic rings. The van der Waals surface area contributed by atoms with Crippen molar-refractivity contribution in [3.63, 3.8) is 0 Å². The fourth-order valence-electron chi connectivity index (χ4n) is 0. The summed E-state index contributed by atoms with van der Waals surface area (Å²) in [4.78, 5) is 0. The molecule has 4 heavy (non-hydrogen) atoms. The van der Waals surface area contributed by atoms with Crippen molar-refractivity contribution in [3.8, 4) is 0 Å². The molecule has 0 heterocycles. The van der Waals surface area contributed by atoms with Gasteiger partial charge in [0.25, 0.3) is 0 Å². The van der Waals surface area contributed by atoms with Crippen molar-refractivity contribution in [3.05, 3.63) is 0 Å². The molecular formula is H2CoLiOP. The van der Waals surface area contributed by atoms with Crippen LogP contribution in [0.3, 0.4) is 0 Å². The van der Waals surface area contributed by atoms with Gasteiger partial charge < -0.3 is 0 Å². The van der Waals surface area contributed by atoms with Crippen molar-refractivity contribution in [1.82, 2.24) is 0 Å². The molecule has 0 aromatic heterocycles. The monoisotopic (exact) mass is 115 g/mol. The summed E-state index contributed by atoms with van der Waals surface area (Å²) in [6.07, 6.45) is 0. The van der Waals surface area contributed by atoms with Crippen LogP contribution in [-0.2, 0) is 21.3 Å². The molecule has 0 bridgehead atoms. The molecule has 23 valence electrons. The molecule has 4 heteroatoms. The Balaban J connectivity index is -0.00000000500. The van der Waals surface area contributed by atoms with Gasteiger partial charge in [-0.3, -0.25) is 4.57 Å². The first-order valence-corrected chi connectivity index (χ1v) is 0.612. The molecule has 0 rings (SSSR count). The molecule has 0 spiro atoms. The van der Waals surface area contributed by atoms with Crippen molar-refractivity contribution in [2.75, 3.05) is 0 Å². The summed E-state index contributed by atoms with van der Waals surface area (Å²) in [6.45, 7) is 0. The van der Waals surface area contributed by atoms with Gasteiger partial charge in [0.05, 0.1) is 0 Å². The summed E-state index contributed by atoms with van der Waals surface area (Å²) in [7, 11) is 1.72. The molecule has 0 atom stereocenters. The van der Waals surface area contributed by atoms with Crippen molar-refractivity contribution in [2.45, 2.75) is 0 Å². The van der Waals surface area contributed by atoms with E-state index in [0.717, 1.165) is 0 Å². The maximum absolute atomic E-state index is 8.06. The van der Waals surface area contributed by atoms with Gasteiger partial charge in [-0.05, 0) is 0 Å². The molecule has 0 saturated carbocycles. The molecule has 1 radical (unpaired) electrons. The second kappa shape index (κ2) is 29.8. The van der Waals surface area contributed by atoms with Crippen LogP contribution < -0.4 is 0 Å². The second-order valence-corrected chi connectivity index (χ2v) is 0. The molecule has 0 aliphatic heterocycles. The molecule has 0 aromatic rings. The minimum atomic E-state index is 0. The normalized spacial score (nSPS) is 1.00. The van der Waals surface area contributed by atoms with Crippen molar-refractivity contribution < 1.29 is 21.3 Å². The Morgan fingerprint density at radius 2 is 1.25 bits per heavy atom. The Bertz CT molecular complexity index is 8.00. The third kappa shape index (κ3) is 10.7. The van der Waals surface area contributed by atoms with Gasteiger partial charge in [-0.2, -0.15) is 0 Å². The van der Waals surface area contributed by atoms with E-state index in [1.54, 1.807) is 9.12 Å². The van der Waals surface area contributed by atoms with Crippen molar-refractivity contribution in [1.29, 1.82) is 0 Å². The zero-order chi connectivity index (χ0) is 2.00. The summed E-state index contributed by atoms with van der Waals surface area (Å²) >= 11 is 0. The Hall–Kier alpha value is 1.20. The number of hydrogen-bond acceptors (Lipinski definition) is 1. The standard InChI is InChI=1S/Co.Li.HOP.H/c;;1-2;/h;;2H;. The molecule has 0 aromatic carbocycles. The molecule has 0 N–H and O–H groups in total. The Morgan fingerprint density at radius 3 is 1.25 bits per heavy atom. The Morgan fingerprint density at radius 1 is 1.25 bits per heavy atom. The van der Waals surface area contributed by atoms with Crippen LogP contribution >= 0.6 is 9.12 Å². The van der Waals surface area contributed by atoms with Crippen molar-refractivity contribution >= 4 is 28.0 Å². The van der Waals surface area contributed by atoms with Crippen LogP contribution in [0.4, 0.5) is 0 Å². The van der Waals surface area contributed by atoms with Gasteiger partial charge >= 0.3 is 18.9 Å². The minimum absolute atomic E-state index is 0. The molecule has 1 nitrogen and oxygen atoms in total. The maximum atomic E-state index is 8.06. The molecule has 0 amide bonds. The van der Waals surface area contributed by atoms with Gasteiger partial charge in [-0.25, -0.2) is 0 Å². The van der Waals surface area contributed by atoms with Crippen LogP contribution in [0.1, 0.15) is 0 Å². The summed E-state index contributed by atoms with van der Waals surface area (Å²) < 4.78 is 8.06. The fourth-order valence-corrected chi connectivity index (χ4v) is 0. The van der Waals surface area contributed by atoms with Gasteiger partial charge in [0, 0.05) is 16.8 Å². The van der Waals surface area contributed by atoms with Crippen LogP contribution in [0, 0.1) is 0 Å². The zero-order valence-electron chi connectivity index (χ0n) is 1.24. The Kier molecular flexibility index (Phi) is 141. The van der Waals surface area contributed by atoms with Crippen molar-refractivity contribution in [2.24, 2.45) is 0 Å². The number of rotatable bonds is 0. The van der Waals surface area contributed by atoms with E-state index in [1.165, 1.54) is 0 Å². The van der Waals surface area contributed by atoms with Gasteiger partial charge in [0.1, 0.15) is 9.12 Å². The van der Waals surface area contributed by atoms with Gasteiger partial charge in [-0.15, -0.1) is 0 Å². The molecule has 0 saturated heterocycles. The van der Waals surface area contributed by atoms with E-state index >= 15 is 0 Å². The third-order valence-electron chi connectivity index (χ3n) is 0. The van der Waals surface area contributed by atoms with Gasteiger partial charge in [-0.1, -0.05) is 0 Å². The van der Waals surface area contributed by atoms with E-state index in [9.17, 15) is 0 Å². The first-order valence-electron chi connectivity index (χ1n) is 0.204. The van der Waals surface area contributed by atoms with E-state index in [1.807, 2.05) is 0 Å². The van der Waals surface area contributed by atoms with Crippen LogP contribution in [0.25, 0.3) is 0 Å². The van der Waals surface area contributed by atoms with E-state index < -0.39 is 0 Å². The van der Waals surface area contributed by atoms with Gasteiger partial charge in [0.15, 0.2) is 0 Å². The predicted octanol–water partition coefficient (Wildman–Crippen LogP) is -0.176. The summed E-state index contributed by atoms with van der Waals surface area (Å²) in [6, 6.07) is 0. The fraction of sp³-hybridized carbons (Fsp3) is 0. The van der Waals surface area contributed by atoms with Crippen LogP contribution in [0.2, 0.25) is 0 Å². The summed E-state index contributed by atoms with van der Waals surface area (Å²) in [5.41, 5.74) is 0. The van der Waals surface area contributed by atoms with Gasteiger partial charge in [0.2, 0.25) is 0 Å². The second-order valence-electron chi connectivity index (χ2n) is 0. The topological polar surface area (TPSA) is 17.1 Å². The first-order chi connectivity index (χ1) is 1.00. The number of hydrogen-bond donors (Lipinski definition) is 0. The van der Waals surface area contributed by atoms with Crippen LogP contribution in [-0.4, -0.2) is 18.9 Å². The van der Waals surface area contributed by atoms with E-state index in [2.05, 4.69) is 0 Å². The first kappa shape index (κ1) is 18.9. The van der Waals surface area contributed by atoms with Crippen LogP contribution in [0.15, 0.2) is 0 Å². The Labute approximate surface area is 49.5 Å². The van der Waals surface area contributed by atoms with Crippen LogP contribution in [0.5, 0.6) is 0 Å². The molecular weight excluding hydrogens is 113 g/mol. The molecule has 0 unspecified atom stereocenters. The predicted molar refractivity (Wildman–Crippen MR) is 16.2 cm³/mol. The molecule has 0 aliphatic carbocycles. The average Bonchev–Trinajstić information content (AvgIpc) is 1.00. The van der Waals surface area contributed by atoms with E-state index in [0.29, 0.717) is 0 Å². The van der Waals surface area contributed by atoms with E-state index in [4.69, 9.17) is 4.57 Å². The molecule has 0 fully saturated rings. The summed E-state index contributed by atoms with van der Waals surface area (Å²) in [5.74, 6) is 0.